The predicted octanol–water partition coefficient (Wildman–Crippen LogP) is 3.25. The second kappa shape index (κ2) is 6.24. The Labute approximate surface area is 145 Å². The molecule has 0 saturated carbocycles. The van der Waals surface area contributed by atoms with Crippen LogP contribution in [0, 0.1) is 5.92 Å². The van der Waals surface area contributed by atoms with Crippen molar-refractivity contribution in [3.63, 3.8) is 0 Å². The van der Waals surface area contributed by atoms with Crippen LogP contribution in [0.15, 0.2) is 48.5 Å². The highest BCUT2D eigenvalue weighted by atomic mass is 16.5. The molecule has 1 N–H and O–H groups in total. The third-order valence-corrected chi connectivity index (χ3v) is 5.01. The Bertz CT molecular complexity index is 786. The Hall–Kier alpha value is -2.82. The number of hydrogen-bond acceptors (Lipinski definition) is 3. The van der Waals surface area contributed by atoms with Gasteiger partial charge in [-0.15, -0.1) is 0 Å². The number of fused-ring (bicyclic) bond motifs is 2. The van der Waals surface area contributed by atoms with Gasteiger partial charge in [0.25, 0.3) is 0 Å². The van der Waals surface area contributed by atoms with Gasteiger partial charge < -0.3 is 14.7 Å². The van der Waals surface area contributed by atoms with Crippen LogP contribution < -0.4 is 4.74 Å². The molecule has 1 atom stereocenters. The molecule has 0 unspecified atom stereocenters. The summed E-state index contributed by atoms with van der Waals surface area (Å²) in [6.07, 6.45) is 1.34. The lowest BCUT2D eigenvalue weighted by molar-refractivity contribution is -0.145. The number of amides is 1. The molecule has 2 heterocycles. The topological polar surface area (TPSA) is 66.8 Å². The average molecular weight is 337 g/mol. The lowest BCUT2D eigenvalue weighted by atomic mass is 9.86. The number of likely N-dealkylation sites (tertiary alicyclic amines) is 1. The van der Waals surface area contributed by atoms with E-state index >= 15 is 0 Å². The minimum Gasteiger partial charge on any atom is -0.481 e. The van der Waals surface area contributed by atoms with E-state index in [-0.39, 0.29) is 12.5 Å². The Balaban J connectivity index is 1.72. The molecule has 2 aliphatic heterocycles. The molecule has 2 aromatic carbocycles. The van der Waals surface area contributed by atoms with E-state index in [2.05, 4.69) is 0 Å². The van der Waals surface area contributed by atoms with Crippen molar-refractivity contribution in [2.75, 3.05) is 13.1 Å². The van der Waals surface area contributed by atoms with E-state index in [9.17, 15) is 14.7 Å². The number of para-hydroxylation sites is 2. The van der Waals surface area contributed by atoms with Crippen molar-refractivity contribution in [2.24, 2.45) is 5.92 Å². The van der Waals surface area contributed by atoms with Gasteiger partial charge in [0.05, 0.1) is 11.8 Å². The van der Waals surface area contributed by atoms with Crippen molar-refractivity contribution >= 4 is 11.9 Å². The van der Waals surface area contributed by atoms with E-state index in [4.69, 9.17) is 4.74 Å². The first-order chi connectivity index (χ1) is 12.1. The van der Waals surface area contributed by atoms with Gasteiger partial charge in [-0.2, -0.15) is 0 Å². The zero-order chi connectivity index (χ0) is 17.4. The van der Waals surface area contributed by atoms with Gasteiger partial charge in [0.15, 0.2) is 0 Å². The standard InChI is InChI=1S/C20H19NO4/c22-19(21-11-5-6-13(12-21)20(23)24)18-14-7-1-3-9-16(14)25-17-10-4-2-8-15(17)18/h1-4,7-10,13,18H,5-6,11-12H2,(H,23,24)/t13-/m1/s1. The molecular weight excluding hydrogens is 318 g/mol. The van der Waals surface area contributed by atoms with Gasteiger partial charge in [-0.1, -0.05) is 36.4 Å². The molecule has 1 fully saturated rings. The van der Waals surface area contributed by atoms with Crippen LogP contribution in [-0.2, 0) is 9.59 Å². The summed E-state index contributed by atoms with van der Waals surface area (Å²) in [5, 5.41) is 9.31. The Morgan fingerprint density at radius 1 is 1.00 bits per heavy atom. The van der Waals surface area contributed by atoms with Gasteiger partial charge >= 0.3 is 5.97 Å². The first kappa shape index (κ1) is 15.7. The van der Waals surface area contributed by atoms with E-state index in [1.807, 2.05) is 48.5 Å². The van der Waals surface area contributed by atoms with Gasteiger partial charge in [0.2, 0.25) is 5.91 Å². The summed E-state index contributed by atoms with van der Waals surface area (Å²) in [5.74, 6) is -0.436. The fourth-order valence-electron chi connectivity index (χ4n) is 3.74. The Morgan fingerprint density at radius 3 is 2.20 bits per heavy atom. The second-order valence-corrected chi connectivity index (χ2v) is 6.57. The molecule has 2 aliphatic rings. The zero-order valence-corrected chi connectivity index (χ0v) is 13.7. The second-order valence-electron chi connectivity index (χ2n) is 6.57. The summed E-state index contributed by atoms with van der Waals surface area (Å²) in [6, 6.07) is 15.1. The molecule has 0 aromatic heterocycles. The number of carboxylic acid groups (broad SMARTS) is 1. The third-order valence-electron chi connectivity index (χ3n) is 5.01. The maximum Gasteiger partial charge on any atom is 0.308 e. The van der Waals surface area contributed by atoms with E-state index < -0.39 is 17.8 Å². The predicted molar refractivity (Wildman–Crippen MR) is 91.7 cm³/mol. The van der Waals surface area contributed by atoms with E-state index in [0.29, 0.717) is 24.5 Å². The number of benzene rings is 2. The fourth-order valence-corrected chi connectivity index (χ4v) is 3.74. The van der Waals surface area contributed by atoms with Gasteiger partial charge in [0, 0.05) is 24.2 Å². The number of piperidine rings is 1. The average Bonchev–Trinajstić information content (AvgIpc) is 2.65. The quantitative estimate of drug-likeness (QED) is 0.913. The van der Waals surface area contributed by atoms with Crippen molar-refractivity contribution in [3.05, 3.63) is 59.7 Å². The van der Waals surface area contributed by atoms with E-state index in [1.54, 1.807) is 4.90 Å². The summed E-state index contributed by atoms with van der Waals surface area (Å²) in [4.78, 5) is 26.4. The minimum atomic E-state index is -0.828. The molecule has 0 spiro atoms. The third kappa shape index (κ3) is 2.76. The monoisotopic (exact) mass is 337 g/mol. The summed E-state index contributed by atoms with van der Waals surface area (Å²) < 4.78 is 5.94. The molecule has 0 radical (unpaired) electrons. The number of rotatable bonds is 2. The summed E-state index contributed by atoms with van der Waals surface area (Å²) in [6.45, 7) is 0.875. The summed E-state index contributed by atoms with van der Waals surface area (Å²) >= 11 is 0. The molecule has 5 nitrogen and oxygen atoms in total. The van der Waals surface area contributed by atoms with Crippen LogP contribution in [0.25, 0.3) is 0 Å². The van der Waals surface area contributed by atoms with Crippen molar-refractivity contribution in [3.8, 4) is 11.5 Å². The minimum absolute atomic E-state index is 0.0471. The van der Waals surface area contributed by atoms with Crippen LogP contribution in [0.1, 0.15) is 29.9 Å². The highest BCUT2D eigenvalue weighted by Gasteiger charge is 2.37. The van der Waals surface area contributed by atoms with Crippen LogP contribution in [0.3, 0.4) is 0 Å². The molecule has 4 rings (SSSR count). The number of carbonyl (C=O) groups is 2. The number of carboxylic acids is 1. The number of hydrogen-bond donors (Lipinski definition) is 1. The van der Waals surface area contributed by atoms with Crippen molar-refractivity contribution < 1.29 is 19.4 Å². The molecule has 128 valence electrons. The fraction of sp³-hybridized carbons (Fsp3) is 0.300. The van der Waals surface area contributed by atoms with Crippen LogP contribution in [0.2, 0.25) is 0 Å². The molecule has 0 bridgehead atoms. The highest BCUT2D eigenvalue weighted by Crippen LogP contribution is 2.44. The van der Waals surface area contributed by atoms with Crippen molar-refractivity contribution in [1.29, 1.82) is 0 Å². The van der Waals surface area contributed by atoms with Crippen molar-refractivity contribution in [2.45, 2.75) is 18.8 Å². The Kier molecular flexibility index (Phi) is 3.92. The maximum absolute atomic E-state index is 13.3. The number of aliphatic carboxylic acids is 1. The molecular formula is C20H19NO4. The summed E-state index contributed by atoms with van der Waals surface area (Å²) in [7, 11) is 0. The van der Waals surface area contributed by atoms with Gasteiger partial charge in [0.1, 0.15) is 11.5 Å². The molecule has 2 aromatic rings. The Morgan fingerprint density at radius 2 is 1.60 bits per heavy atom. The molecule has 1 saturated heterocycles. The highest BCUT2D eigenvalue weighted by molar-refractivity contribution is 5.90. The lowest BCUT2D eigenvalue weighted by Gasteiger charge is -2.35. The molecule has 25 heavy (non-hydrogen) atoms. The van der Waals surface area contributed by atoms with Gasteiger partial charge in [-0.3, -0.25) is 9.59 Å². The number of carbonyl (C=O) groups excluding carboxylic acids is 1. The van der Waals surface area contributed by atoms with Crippen LogP contribution in [0.5, 0.6) is 11.5 Å². The SMILES string of the molecule is O=C(O)[C@@H]1CCCN(C(=O)C2c3ccccc3Oc3ccccc32)C1. The van der Waals surface area contributed by atoms with Crippen LogP contribution in [0.4, 0.5) is 0 Å². The lowest BCUT2D eigenvalue weighted by Crippen LogP contribution is -2.44. The largest absolute Gasteiger partial charge is 0.481 e. The molecule has 5 heteroatoms. The van der Waals surface area contributed by atoms with Gasteiger partial charge in [-0.05, 0) is 25.0 Å². The first-order valence-corrected chi connectivity index (χ1v) is 8.52. The summed E-state index contributed by atoms with van der Waals surface area (Å²) in [5.41, 5.74) is 1.67. The zero-order valence-electron chi connectivity index (χ0n) is 13.7. The van der Waals surface area contributed by atoms with Gasteiger partial charge in [-0.25, -0.2) is 0 Å². The first-order valence-electron chi connectivity index (χ1n) is 8.52. The maximum atomic E-state index is 13.3. The molecule has 1 amide bonds. The smallest absolute Gasteiger partial charge is 0.308 e. The number of nitrogens with zero attached hydrogens (tertiary/aromatic N) is 1. The van der Waals surface area contributed by atoms with E-state index in [1.165, 1.54) is 0 Å². The normalized spacial score (nSPS) is 19.5. The molecule has 0 aliphatic carbocycles. The van der Waals surface area contributed by atoms with Crippen LogP contribution in [-0.4, -0.2) is 35.0 Å². The van der Waals surface area contributed by atoms with E-state index in [0.717, 1.165) is 17.5 Å². The van der Waals surface area contributed by atoms with Crippen molar-refractivity contribution in [1.82, 2.24) is 4.90 Å². The van der Waals surface area contributed by atoms with Crippen LogP contribution >= 0.6 is 0 Å². The number of ether oxygens (including phenoxy) is 1.